The lowest BCUT2D eigenvalue weighted by molar-refractivity contribution is 0.0936. The van der Waals surface area contributed by atoms with Crippen molar-refractivity contribution in [3.05, 3.63) is 93.9 Å². The number of carbonyl (C=O) groups excluding carboxylic acids is 1. The number of nitrogens with one attached hydrogen (secondary N) is 2. The van der Waals surface area contributed by atoms with Crippen LogP contribution in [-0.4, -0.2) is 25.8 Å². The molecule has 3 N–H and O–H groups in total. The number of H-pyrrole nitrogens is 1. The molecule has 2 aromatic carbocycles. The van der Waals surface area contributed by atoms with E-state index in [0.717, 1.165) is 11.1 Å². The van der Waals surface area contributed by atoms with Gasteiger partial charge >= 0.3 is 0 Å². The first-order valence-corrected chi connectivity index (χ1v) is 9.25. The number of fused-ring (bicyclic) bond motifs is 1. The lowest BCUT2D eigenvalue weighted by Gasteiger charge is -2.14. The fourth-order valence-electron chi connectivity index (χ4n) is 3.28. The number of amides is 1. The van der Waals surface area contributed by atoms with E-state index in [4.69, 9.17) is 0 Å². The molecular formula is C22H20N4O3. The molecular weight excluding hydrogens is 368 g/mol. The Morgan fingerprint density at radius 2 is 1.79 bits per heavy atom. The summed E-state index contributed by atoms with van der Waals surface area (Å²) < 4.78 is 1.58. The smallest absolute Gasteiger partial charge is 0.266 e. The highest BCUT2D eigenvalue weighted by Crippen LogP contribution is 2.25. The van der Waals surface area contributed by atoms with Crippen molar-refractivity contribution in [1.82, 2.24) is 20.1 Å². The maximum atomic E-state index is 12.7. The third-order valence-corrected chi connectivity index (χ3v) is 4.84. The van der Waals surface area contributed by atoms with E-state index in [1.807, 2.05) is 67.6 Å². The van der Waals surface area contributed by atoms with Crippen LogP contribution in [-0.2, 0) is 6.54 Å². The standard InChI is InChI=1S/C22H20N4O3/c1-14(16-10-6-3-7-11-16)24-21(28)18-19(27)17-12-23-26(20(17)25-22(18)29)13-15-8-4-2-5-9-15/h2-12,14H,13H2,1H3,(H,24,28)(H2,25,27,29)/t14-/m0/s1. The largest absolute Gasteiger partial charge is 0.506 e. The molecule has 0 aliphatic rings. The SMILES string of the molecule is C[C@H](NC(=O)c1c(O)c2cnn(Cc3ccccc3)c2[nH]c1=O)c1ccccc1. The van der Waals surface area contributed by atoms with Gasteiger partial charge in [-0.2, -0.15) is 5.10 Å². The van der Waals surface area contributed by atoms with Gasteiger partial charge in [-0.1, -0.05) is 60.7 Å². The number of pyridine rings is 1. The molecule has 0 bridgehead atoms. The van der Waals surface area contributed by atoms with Crippen molar-refractivity contribution in [3.63, 3.8) is 0 Å². The highest BCUT2D eigenvalue weighted by Gasteiger charge is 2.22. The van der Waals surface area contributed by atoms with Crippen LogP contribution in [0.1, 0.15) is 34.5 Å². The summed E-state index contributed by atoms with van der Waals surface area (Å²) in [6.45, 7) is 2.24. The van der Waals surface area contributed by atoms with Gasteiger partial charge in [0.15, 0.2) is 0 Å². The second kappa shape index (κ2) is 7.63. The molecule has 0 aliphatic carbocycles. The van der Waals surface area contributed by atoms with E-state index >= 15 is 0 Å². The van der Waals surface area contributed by atoms with Crippen molar-refractivity contribution < 1.29 is 9.90 Å². The van der Waals surface area contributed by atoms with E-state index in [9.17, 15) is 14.7 Å². The van der Waals surface area contributed by atoms with E-state index in [1.165, 1.54) is 6.20 Å². The number of aromatic hydroxyl groups is 1. The monoisotopic (exact) mass is 388 g/mol. The fourth-order valence-corrected chi connectivity index (χ4v) is 3.28. The predicted molar refractivity (Wildman–Crippen MR) is 110 cm³/mol. The third-order valence-electron chi connectivity index (χ3n) is 4.84. The Kier molecular flexibility index (Phi) is 4.87. The average Bonchev–Trinajstić information content (AvgIpc) is 3.12. The highest BCUT2D eigenvalue weighted by molar-refractivity contribution is 6.01. The minimum absolute atomic E-state index is 0.318. The van der Waals surface area contributed by atoms with Crippen LogP contribution < -0.4 is 10.9 Å². The summed E-state index contributed by atoms with van der Waals surface area (Å²) >= 11 is 0. The predicted octanol–water partition coefficient (Wildman–Crippen LogP) is 2.97. The van der Waals surface area contributed by atoms with Crippen molar-refractivity contribution in [2.24, 2.45) is 0 Å². The summed E-state index contributed by atoms with van der Waals surface area (Å²) in [6.07, 6.45) is 1.45. The van der Waals surface area contributed by atoms with Gasteiger partial charge < -0.3 is 15.4 Å². The van der Waals surface area contributed by atoms with Crippen molar-refractivity contribution >= 4 is 16.9 Å². The molecule has 0 radical (unpaired) electrons. The average molecular weight is 388 g/mol. The van der Waals surface area contributed by atoms with Gasteiger partial charge in [-0.15, -0.1) is 0 Å². The van der Waals surface area contributed by atoms with Crippen LogP contribution in [0.3, 0.4) is 0 Å². The maximum absolute atomic E-state index is 12.7. The minimum Gasteiger partial charge on any atom is -0.506 e. The number of benzene rings is 2. The zero-order valence-electron chi connectivity index (χ0n) is 15.8. The quantitative estimate of drug-likeness (QED) is 0.489. The Labute approximate surface area is 166 Å². The van der Waals surface area contributed by atoms with E-state index in [0.29, 0.717) is 17.6 Å². The molecule has 0 saturated heterocycles. The van der Waals surface area contributed by atoms with Crippen molar-refractivity contribution in [2.45, 2.75) is 19.5 Å². The number of rotatable bonds is 5. The van der Waals surface area contributed by atoms with Gasteiger partial charge in [0.05, 0.1) is 24.2 Å². The minimum atomic E-state index is -0.664. The van der Waals surface area contributed by atoms with E-state index in [2.05, 4.69) is 15.4 Å². The van der Waals surface area contributed by atoms with Crippen LogP contribution in [0, 0.1) is 0 Å². The molecule has 0 fully saturated rings. The van der Waals surface area contributed by atoms with Gasteiger partial charge in [-0.25, -0.2) is 4.68 Å². The molecule has 7 heteroatoms. The van der Waals surface area contributed by atoms with Crippen LogP contribution in [0.15, 0.2) is 71.7 Å². The first-order chi connectivity index (χ1) is 14.0. The zero-order chi connectivity index (χ0) is 20.4. The van der Waals surface area contributed by atoms with Gasteiger partial charge in [0.25, 0.3) is 11.5 Å². The summed E-state index contributed by atoms with van der Waals surface area (Å²) in [5, 5.41) is 18.0. The molecule has 1 amide bonds. The third kappa shape index (κ3) is 3.62. The Balaban J connectivity index is 1.66. The zero-order valence-corrected chi connectivity index (χ0v) is 15.8. The van der Waals surface area contributed by atoms with Crippen LogP contribution in [0.2, 0.25) is 0 Å². The summed E-state index contributed by atoms with van der Waals surface area (Å²) in [5.41, 5.74) is 1.27. The summed E-state index contributed by atoms with van der Waals surface area (Å²) in [7, 11) is 0. The molecule has 0 unspecified atom stereocenters. The number of aromatic amines is 1. The second-order valence-corrected chi connectivity index (χ2v) is 6.83. The lowest BCUT2D eigenvalue weighted by Crippen LogP contribution is -2.31. The van der Waals surface area contributed by atoms with Gasteiger partial charge in [0.2, 0.25) is 0 Å². The highest BCUT2D eigenvalue weighted by atomic mass is 16.3. The summed E-state index contributed by atoms with van der Waals surface area (Å²) in [6, 6.07) is 18.7. The Hall–Kier alpha value is -3.87. The van der Waals surface area contributed by atoms with Crippen LogP contribution in [0.5, 0.6) is 5.75 Å². The maximum Gasteiger partial charge on any atom is 0.266 e. The number of nitrogens with zero attached hydrogens (tertiary/aromatic N) is 2. The number of hydrogen-bond donors (Lipinski definition) is 3. The Morgan fingerprint density at radius 1 is 1.14 bits per heavy atom. The molecule has 0 saturated carbocycles. The molecule has 0 spiro atoms. The van der Waals surface area contributed by atoms with E-state index < -0.39 is 11.5 Å². The van der Waals surface area contributed by atoms with Gasteiger partial charge in [0, 0.05) is 0 Å². The molecule has 1 atom stereocenters. The Bertz CT molecular complexity index is 1210. The topological polar surface area (TPSA) is 100 Å². The molecule has 4 aromatic rings. The van der Waals surface area contributed by atoms with Crippen LogP contribution in [0.4, 0.5) is 0 Å². The van der Waals surface area contributed by atoms with Crippen molar-refractivity contribution in [2.75, 3.05) is 0 Å². The van der Waals surface area contributed by atoms with E-state index in [-0.39, 0.29) is 17.4 Å². The summed E-state index contributed by atoms with van der Waals surface area (Å²) in [5.74, 6) is -1.02. The molecule has 0 aliphatic heterocycles. The number of aromatic nitrogens is 3. The van der Waals surface area contributed by atoms with Crippen LogP contribution >= 0.6 is 0 Å². The molecule has 4 rings (SSSR count). The van der Waals surface area contributed by atoms with Gasteiger partial charge in [-0.3, -0.25) is 9.59 Å². The molecule has 2 aromatic heterocycles. The van der Waals surface area contributed by atoms with Crippen molar-refractivity contribution in [1.29, 1.82) is 0 Å². The first kappa shape index (κ1) is 18.5. The molecule has 146 valence electrons. The first-order valence-electron chi connectivity index (χ1n) is 9.25. The second-order valence-electron chi connectivity index (χ2n) is 6.83. The van der Waals surface area contributed by atoms with Gasteiger partial charge in [0.1, 0.15) is 17.0 Å². The number of carbonyl (C=O) groups is 1. The molecule has 29 heavy (non-hydrogen) atoms. The fraction of sp³-hybridized carbons (Fsp3) is 0.136. The molecule has 7 nitrogen and oxygen atoms in total. The Morgan fingerprint density at radius 3 is 2.48 bits per heavy atom. The normalized spacial score (nSPS) is 12.0. The summed E-state index contributed by atoms with van der Waals surface area (Å²) in [4.78, 5) is 28.0. The van der Waals surface area contributed by atoms with Gasteiger partial charge in [-0.05, 0) is 18.1 Å². The lowest BCUT2D eigenvalue weighted by atomic mass is 10.1. The molecule has 2 heterocycles. The van der Waals surface area contributed by atoms with E-state index in [1.54, 1.807) is 4.68 Å². The number of hydrogen-bond acceptors (Lipinski definition) is 4. The van der Waals surface area contributed by atoms with Crippen LogP contribution in [0.25, 0.3) is 11.0 Å². The van der Waals surface area contributed by atoms with Crippen molar-refractivity contribution in [3.8, 4) is 5.75 Å².